The van der Waals surface area contributed by atoms with E-state index in [1.54, 1.807) is 30.5 Å². The Morgan fingerprint density at radius 2 is 2.00 bits per heavy atom. The van der Waals surface area contributed by atoms with Gasteiger partial charge in [-0.2, -0.15) is 10.3 Å². The first-order valence-corrected chi connectivity index (χ1v) is 5.86. The van der Waals surface area contributed by atoms with Gasteiger partial charge < -0.3 is 0 Å². The number of hydrogen-bond donors (Lipinski definition) is 0. The van der Waals surface area contributed by atoms with Crippen molar-refractivity contribution in [1.29, 1.82) is 5.26 Å². The maximum absolute atomic E-state index is 10.1. The molecule has 0 aliphatic heterocycles. The van der Waals surface area contributed by atoms with Gasteiger partial charge in [-0.25, -0.2) is 9.78 Å². The predicted octanol–water partition coefficient (Wildman–Crippen LogP) is 3.07. The summed E-state index contributed by atoms with van der Waals surface area (Å²) >= 11 is 1.39. The van der Waals surface area contributed by atoms with Gasteiger partial charge in [0.25, 0.3) is 0 Å². The second kappa shape index (κ2) is 5.78. The van der Waals surface area contributed by atoms with Gasteiger partial charge in [0.05, 0.1) is 11.3 Å². The summed E-state index contributed by atoms with van der Waals surface area (Å²) in [6.07, 6.45) is 3.13. The summed E-state index contributed by atoms with van der Waals surface area (Å²) in [5.41, 5.74) is 1.09. The van der Waals surface area contributed by atoms with Gasteiger partial charge in [0, 0.05) is 11.1 Å². The highest BCUT2D eigenvalue weighted by Gasteiger charge is 2.04. The highest BCUT2D eigenvalue weighted by molar-refractivity contribution is 7.99. The number of nitrogens with zero attached hydrogens (tertiary/aromatic N) is 3. The number of nitriles is 1. The van der Waals surface area contributed by atoms with E-state index in [1.165, 1.54) is 17.8 Å². The maximum atomic E-state index is 10.1. The summed E-state index contributed by atoms with van der Waals surface area (Å²) in [6, 6.07) is 12.6. The van der Waals surface area contributed by atoms with E-state index in [0.717, 1.165) is 4.90 Å². The average molecular weight is 253 g/mol. The van der Waals surface area contributed by atoms with Gasteiger partial charge in [0.2, 0.25) is 6.08 Å². The van der Waals surface area contributed by atoms with Crippen LogP contribution in [0.15, 0.2) is 57.5 Å². The van der Waals surface area contributed by atoms with Crippen LogP contribution in [0.4, 0.5) is 5.69 Å². The summed E-state index contributed by atoms with van der Waals surface area (Å²) < 4.78 is 0. The second-order valence-electron chi connectivity index (χ2n) is 3.27. The lowest BCUT2D eigenvalue weighted by Crippen LogP contribution is -1.84. The quantitative estimate of drug-likeness (QED) is 0.622. The Kier molecular flexibility index (Phi) is 3.87. The zero-order valence-corrected chi connectivity index (χ0v) is 10.0. The first-order chi connectivity index (χ1) is 8.83. The molecule has 0 aliphatic carbocycles. The Bertz CT molecular complexity index is 640. The minimum absolute atomic E-state index is 0.539. The fraction of sp³-hybridized carbons (Fsp3) is 0. The van der Waals surface area contributed by atoms with Crippen molar-refractivity contribution in [2.24, 2.45) is 4.99 Å². The Morgan fingerprint density at radius 3 is 2.67 bits per heavy atom. The van der Waals surface area contributed by atoms with E-state index in [2.05, 4.69) is 16.0 Å². The molecule has 0 amide bonds. The molecule has 0 N–H and O–H groups in total. The Balaban J connectivity index is 2.24. The molecule has 0 unspecified atom stereocenters. The fourth-order valence-electron chi connectivity index (χ4n) is 1.31. The second-order valence-corrected chi connectivity index (χ2v) is 4.33. The molecule has 4 nitrogen and oxygen atoms in total. The molecule has 5 heteroatoms. The van der Waals surface area contributed by atoms with Gasteiger partial charge in [-0.15, -0.1) is 0 Å². The molecule has 18 heavy (non-hydrogen) atoms. The van der Waals surface area contributed by atoms with E-state index < -0.39 is 0 Å². The van der Waals surface area contributed by atoms with Crippen molar-refractivity contribution in [3.05, 3.63) is 48.2 Å². The summed E-state index contributed by atoms with van der Waals surface area (Å²) in [5.74, 6) is 0. The average Bonchev–Trinajstić information content (AvgIpc) is 2.42. The Labute approximate surface area is 108 Å². The molecule has 0 spiro atoms. The molecular formula is C13H7N3OS. The summed E-state index contributed by atoms with van der Waals surface area (Å²) in [6.45, 7) is 0. The molecule has 1 aromatic carbocycles. The number of aliphatic imine (C=N–C) groups is 1. The van der Waals surface area contributed by atoms with Gasteiger partial charge in [0.15, 0.2) is 0 Å². The van der Waals surface area contributed by atoms with E-state index in [4.69, 9.17) is 5.26 Å². The summed E-state index contributed by atoms with van der Waals surface area (Å²) in [4.78, 5) is 18.7. The normalized spacial score (nSPS) is 9.28. The topological polar surface area (TPSA) is 66.1 Å². The SMILES string of the molecule is N#Cc1cccnc1Sc1ccc(N=C=O)cc1. The van der Waals surface area contributed by atoms with Crippen LogP contribution in [-0.2, 0) is 4.79 Å². The highest BCUT2D eigenvalue weighted by atomic mass is 32.2. The zero-order valence-electron chi connectivity index (χ0n) is 9.20. The van der Waals surface area contributed by atoms with E-state index in [1.807, 2.05) is 12.1 Å². The molecule has 0 atom stereocenters. The molecule has 2 aromatic rings. The number of aromatic nitrogens is 1. The largest absolute Gasteiger partial charge is 0.248 e. The van der Waals surface area contributed by atoms with E-state index in [0.29, 0.717) is 16.3 Å². The van der Waals surface area contributed by atoms with Gasteiger partial charge >= 0.3 is 0 Å². The van der Waals surface area contributed by atoms with Crippen molar-refractivity contribution in [2.45, 2.75) is 9.92 Å². The molecular weight excluding hydrogens is 246 g/mol. The van der Waals surface area contributed by atoms with Crippen LogP contribution in [-0.4, -0.2) is 11.1 Å². The number of rotatable bonds is 3. The van der Waals surface area contributed by atoms with Crippen LogP contribution < -0.4 is 0 Å². The van der Waals surface area contributed by atoms with Gasteiger partial charge in [-0.3, -0.25) is 0 Å². The van der Waals surface area contributed by atoms with Crippen molar-refractivity contribution in [3.63, 3.8) is 0 Å². The molecule has 0 saturated heterocycles. The lowest BCUT2D eigenvalue weighted by atomic mass is 10.3. The predicted molar refractivity (Wildman–Crippen MR) is 67.3 cm³/mol. The minimum atomic E-state index is 0.539. The smallest absolute Gasteiger partial charge is 0.240 e. The third kappa shape index (κ3) is 2.83. The summed E-state index contributed by atoms with van der Waals surface area (Å²) in [5, 5.41) is 9.61. The minimum Gasteiger partial charge on any atom is -0.248 e. The van der Waals surface area contributed by atoms with Crippen LogP contribution >= 0.6 is 11.8 Å². The molecule has 0 radical (unpaired) electrons. The zero-order chi connectivity index (χ0) is 12.8. The van der Waals surface area contributed by atoms with Crippen molar-refractivity contribution in [2.75, 3.05) is 0 Å². The molecule has 0 saturated carbocycles. The number of carbonyl (C=O) groups excluding carboxylic acids is 1. The van der Waals surface area contributed by atoms with Gasteiger partial charge in [0.1, 0.15) is 11.1 Å². The van der Waals surface area contributed by atoms with Crippen LogP contribution in [0.2, 0.25) is 0 Å². The monoisotopic (exact) mass is 253 g/mol. The number of benzene rings is 1. The van der Waals surface area contributed by atoms with Crippen LogP contribution in [0, 0.1) is 11.3 Å². The van der Waals surface area contributed by atoms with E-state index in [-0.39, 0.29) is 0 Å². The number of pyridine rings is 1. The van der Waals surface area contributed by atoms with Crippen LogP contribution in [0.5, 0.6) is 0 Å². The fourth-order valence-corrected chi connectivity index (χ4v) is 2.14. The Hall–Kier alpha value is -2.41. The molecule has 1 heterocycles. The van der Waals surface area contributed by atoms with Crippen LogP contribution in [0.1, 0.15) is 5.56 Å². The molecule has 0 bridgehead atoms. The first kappa shape index (κ1) is 12.1. The van der Waals surface area contributed by atoms with Crippen molar-refractivity contribution in [3.8, 4) is 6.07 Å². The maximum Gasteiger partial charge on any atom is 0.240 e. The first-order valence-electron chi connectivity index (χ1n) is 5.04. The molecule has 2 rings (SSSR count). The standard InChI is InChI=1S/C13H7N3OS/c14-8-10-2-1-7-15-13(10)18-12-5-3-11(4-6-12)16-9-17/h1-7H. The molecule has 0 aliphatic rings. The van der Waals surface area contributed by atoms with Crippen molar-refractivity contribution in [1.82, 2.24) is 4.98 Å². The number of isocyanates is 1. The molecule has 1 aromatic heterocycles. The third-order valence-electron chi connectivity index (χ3n) is 2.12. The molecule has 86 valence electrons. The van der Waals surface area contributed by atoms with Crippen molar-refractivity contribution < 1.29 is 4.79 Å². The lowest BCUT2D eigenvalue weighted by Gasteiger charge is -2.02. The van der Waals surface area contributed by atoms with Crippen LogP contribution in [0.25, 0.3) is 0 Å². The summed E-state index contributed by atoms with van der Waals surface area (Å²) in [7, 11) is 0. The van der Waals surface area contributed by atoms with Gasteiger partial charge in [-0.05, 0) is 36.4 Å². The van der Waals surface area contributed by atoms with E-state index in [9.17, 15) is 4.79 Å². The van der Waals surface area contributed by atoms with Crippen LogP contribution in [0.3, 0.4) is 0 Å². The Morgan fingerprint density at radius 1 is 1.22 bits per heavy atom. The third-order valence-corrected chi connectivity index (χ3v) is 3.14. The lowest BCUT2D eigenvalue weighted by molar-refractivity contribution is 0.565. The van der Waals surface area contributed by atoms with Gasteiger partial charge in [-0.1, -0.05) is 11.8 Å². The van der Waals surface area contributed by atoms with E-state index >= 15 is 0 Å². The number of hydrogen-bond acceptors (Lipinski definition) is 5. The molecule has 0 fully saturated rings. The highest BCUT2D eigenvalue weighted by Crippen LogP contribution is 2.29. The van der Waals surface area contributed by atoms with Crippen molar-refractivity contribution >= 4 is 23.5 Å².